The first kappa shape index (κ1) is 15.9. The molecule has 0 unspecified atom stereocenters. The van der Waals surface area contributed by atoms with Crippen molar-refractivity contribution in [2.24, 2.45) is 5.73 Å². The van der Waals surface area contributed by atoms with Gasteiger partial charge in [0.25, 0.3) is 0 Å². The van der Waals surface area contributed by atoms with Crippen LogP contribution in [0.2, 0.25) is 0 Å². The molecule has 1 amide bonds. The van der Waals surface area contributed by atoms with Crippen LogP contribution in [0.4, 0.5) is 5.69 Å². The van der Waals surface area contributed by atoms with Gasteiger partial charge in [-0.2, -0.15) is 0 Å². The van der Waals surface area contributed by atoms with E-state index in [0.29, 0.717) is 11.4 Å². The molecule has 1 fully saturated rings. The largest absolute Gasteiger partial charge is 0.389 e. The second-order valence-corrected chi connectivity index (χ2v) is 5.94. The Kier molecular flexibility index (Phi) is 6.14. The van der Waals surface area contributed by atoms with E-state index in [1.165, 1.54) is 25.7 Å². The molecule has 4 nitrogen and oxygen atoms in total. The highest BCUT2D eigenvalue weighted by molar-refractivity contribution is 7.80. The van der Waals surface area contributed by atoms with Gasteiger partial charge in [-0.05, 0) is 50.2 Å². The standard InChI is InChI=1S/C16H23N3OS/c17-16(21)13-5-7-14(8-6-13)18-15(20)9-12-19-10-3-1-2-4-11-19/h5-8H,1-4,9-12H2,(H2,17,21)(H,18,20). The van der Waals surface area contributed by atoms with Crippen molar-refractivity contribution in [2.45, 2.75) is 32.1 Å². The Morgan fingerprint density at radius 2 is 1.76 bits per heavy atom. The first-order valence-electron chi connectivity index (χ1n) is 7.57. The molecule has 0 aromatic heterocycles. The summed E-state index contributed by atoms with van der Waals surface area (Å²) in [6.07, 6.45) is 5.68. The fourth-order valence-corrected chi connectivity index (χ4v) is 2.70. The summed E-state index contributed by atoms with van der Waals surface area (Å²) >= 11 is 4.90. The predicted molar refractivity (Wildman–Crippen MR) is 90.5 cm³/mol. The maximum Gasteiger partial charge on any atom is 0.225 e. The minimum Gasteiger partial charge on any atom is -0.389 e. The summed E-state index contributed by atoms with van der Waals surface area (Å²) in [4.78, 5) is 14.7. The van der Waals surface area contributed by atoms with E-state index in [2.05, 4.69) is 10.2 Å². The number of hydrogen-bond acceptors (Lipinski definition) is 3. The number of amides is 1. The minimum absolute atomic E-state index is 0.0577. The first-order valence-corrected chi connectivity index (χ1v) is 7.98. The lowest BCUT2D eigenvalue weighted by atomic mass is 10.2. The summed E-state index contributed by atoms with van der Waals surface area (Å²) in [6, 6.07) is 7.32. The molecule has 0 aliphatic carbocycles. The summed E-state index contributed by atoms with van der Waals surface area (Å²) in [7, 11) is 0. The molecule has 2 rings (SSSR count). The third-order valence-electron chi connectivity index (χ3n) is 3.81. The highest BCUT2D eigenvalue weighted by Gasteiger charge is 2.11. The third-order valence-corrected chi connectivity index (χ3v) is 4.04. The lowest BCUT2D eigenvalue weighted by molar-refractivity contribution is -0.116. The van der Waals surface area contributed by atoms with Gasteiger partial charge < -0.3 is 16.0 Å². The van der Waals surface area contributed by atoms with Crippen LogP contribution in [0.5, 0.6) is 0 Å². The molecule has 0 radical (unpaired) electrons. The molecule has 0 atom stereocenters. The Balaban J connectivity index is 1.77. The van der Waals surface area contributed by atoms with E-state index in [1.54, 1.807) is 0 Å². The van der Waals surface area contributed by atoms with Gasteiger partial charge in [-0.25, -0.2) is 0 Å². The first-order chi connectivity index (χ1) is 10.1. The number of rotatable bonds is 5. The van der Waals surface area contributed by atoms with E-state index in [0.717, 1.165) is 30.9 Å². The number of nitrogens with one attached hydrogen (secondary N) is 1. The summed E-state index contributed by atoms with van der Waals surface area (Å²) < 4.78 is 0. The SMILES string of the molecule is NC(=S)c1ccc(NC(=O)CCN2CCCCCC2)cc1. The van der Waals surface area contributed by atoms with Gasteiger partial charge in [0, 0.05) is 24.2 Å². The van der Waals surface area contributed by atoms with Crippen molar-refractivity contribution in [3.05, 3.63) is 29.8 Å². The number of likely N-dealkylation sites (tertiary alicyclic amines) is 1. The monoisotopic (exact) mass is 305 g/mol. The fourth-order valence-electron chi connectivity index (χ4n) is 2.56. The van der Waals surface area contributed by atoms with Crippen LogP contribution in [0, 0.1) is 0 Å². The van der Waals surface area contributed by atoms with Crippen LogP contribution < -0.4 is 11.1 Å². The molecule has 1 heterocycles. The zero-order valence-electron chi connectivity index (χ0n) is 12.3. The quantitative estimate of drug-likeness (QED) is 0.821. The van der Waals surface area contributed by atoms with Crippen molar-refractivity contribution in [3.8, 4) is 0 Å². The highest BCUT2D eigenvalue weighted by atomic mass is 32.1. The lowest BCUT2D eigenvalue weighted by Crippen LogP contribution is -2.28. The molecule has 21 heavy (non-hydrogen) atoms. The Bertz CT molecular complexity index is 479. The number of nitrogens with zero attached hydrogens (tertiary/aromatic N) is 1. The topological polar surface area (TPSA) is 58.4 Å². The molecule has 0 bridgehead atoms. The van der Waals surface area contributed by atoms with E-state index >= 15 is 0 Å². The number of carbonyl (C=O) groups is 1. The Morgan fingerprint density at radius 3 is 2.33 bits per heavy atom. The van der Waals surface area contributed by atoms with Crippen LogP contribution in [-0.4, -0.2) is 35.4 Å². The van der Waals surface area contributed by atoms with Gasteiger partial charge >= 0.3 is 0 Å². The molecule has 0 saturated carbocycles. The molecule has 3 N–H and O–H groups in total. The molecular formula is C16H23N3OS. The van der Waals surface area contributed by atoms with E-state index in [4.69, 9.17) is 18.0 Å². The maximum atomic E-state index is 12.0. The van der Waals surface area contributed by atoms with Crippen LogP contribution >= 0.6 is 12.2 Å². The molecule has 0 spiro atoms. The minimum atomic E-state index is 0.0577. The van der Waals surface area contributed by atoms with Gasteiger partial charge in [-0.1, -0.05) is 25.1 Å². The van der Waals surface area contributed by atoms with Gasteiger partial charge in [-0.15, -0.1) is 0 Å². The Morgan fingerprint density at radius 1 is 1.14 bits per heavy atom. The maximum absolute atomic E-state index is 12.0. The summed E-state index contributed by atoms with van der Waals surface area (Å²) in [6.45, 7) is 3.09. The van der Waals surface area contributed by atoms with Gasteiger partial charge in [0.05, 0.1) is 0 Å². The third kappa shape index (κ3) is 5.44. The van der Waals surface area contributed by atoms with Gasteiger partial charge in [0.15, 0.2) is 0 Å². The van der Waals surface area contributed by atoms with E-state index in [-0.39, 0.29) is 5.91 Å². The molecule has 1 aromatic carbocycles. The van der Waals surface area contributed by atoms with Crippen molar-refractivity contribution < 1.29 is 4.79 Å². The van der Waals surface area contributed by atoms with Crippen LogP contribution in [0.15, 0.2) is 24.3 Å². The van der Waals surface area contributed by atoms with Crippen molar-refractivity contribution in [2.75, 3.05) is 25.0 Å². The summed E-state index contributed by atoms with van der Waals surface area (Å²) in [5.74, 6) is 0.0577. The van der Waals surface area contributed by atoms with Crippen LogP contribution in [0.3, 0.4) is 0 Å². The summed E-state index contributed by atoms with van der Waals surface area (Å²) in [5.41, 5.74) is 7.15. The zero-order chi connectivity index (χ0) is 15.1. The van der Waals surface area contributed by atoms with E-state index in [9.17, 15) is 4.79 Å². The van der Waals surface area contributed by atoms with Crippen LogP contribution in [0.1, 0.15) is 37.7 Å². The van der Waals surface area contributed by atoms with Crippen molar-refractivity contribution in [1.82, 2.24) is 4.90 Å². The molecule has 1 saturated heterocycles. The molecular weight excluding hydrogens is 282 g/mol. The van der Waals surface area contributed by atoms with Crippen molar-refractivity contribution in [3.63, 3.8) is 0 Å². The number of benzene rings is 1. The normalized spacial score (nSPS) is 16.2. The predicted octanol–water partition coefficient (Wildman–Crippen LogP) is 2.53. The average Bonchev–Trinajstić information content (AvgIpc) is 2.74. The van der Waals surface area contributed by atoms with Gasteiger partial charge in [-0.3, -0.25) is 4.79 Å². The van der Waals surface area contributed by atoms with Gasteiger partial charge in [0.2, 0.25) is 5.91 Å². The smallest absolute Gasteiger partial charge is 0.225 e. The lowest BCUT2D eigenvalue weighted by Gasteiger charge is -2.19. The second kappa shape index (κ2) is 8.10. The molecule has 5 heteroatoms. The second-order valence-electron chi connectivity index (χ2n) is 5.50. The highest BCUT2D eigenvalue weighted by Crippen LogP contribution is 2.12. The summed E-state index contributed by atoms with van der Waals surface area (Å²) in [5, 5.41) is 2.91. The van der Waals surface area contributed by atoms with Gasteiger partial charge in [0.1, 0.15) is 4.99 Å². The van der Waals surface area contributed by atoms with E-state index < -0.39 is 0 Å². The van der Waals surface area contributed by atoms with Crippen LogP contribution in [0.25, 0.3) is 0 Å². The molecule has 1 aliphatic rings. The van der Waals surface area contributed by atoms with Crippen molar-refractivity contribution >= 4 is 28.8 Å². The van der Waals surface area contributed by atoms with E-state index in [1.807, 2.05) is 24.3 Å². The zero-order valence-corrected chi connectivity index (χ0v) is 13.1. The number of hydrogen-bond donors (Lipinski definition) is 2. The number of nitrogens with two attached hydrogens (primary N) is 1. The fraction of sp³-hybridized carbons (Fsp3) is 0.500. The van der Waals surface area contributed by atoms with Crippen molar-refractivity contribution in [1.29, 1.82) is 0 Å². The number of carbonyl (C=O) groups excluding carboxylic acids is 1. The molecule has 1 aliphatic heterocycles. The number of anilines is 1. The van der Waals surface area contributed by atoms with Crippen LogP contribution in [-0.2, 0) is 4.79 Å². The Labute approximate surface area is 131 Å². The average molecular weight is 305 g/mol. The molecule has 114 valence electrons. The molecule has 1 aromatic rings. The Hall–Kier alpha value is -1.46. The number of thiocarbonyl (C=S) groups is 1.